The van der Waals surface area contributed by atoms with Crippen LogP contribution in [0.3, 0.4) is 0 Å². The Hall–Kier alpha value is -0.590. The van der Waals surface area contributed by atoms with Gasteiger partial charge in [-0.25, -0.2) is 8.42 Å². The fourth-order valence-corrected chi connectivity index (χ4v) is 2.80. The van der Waals surface area contributed by atoms with Crippen molar-refractivity contribution in [3.63, 3.8) is 0 Å². The highest BCUT2D eigenvalue weighted by Gasteiger charge is 2.13. The molecule has 1 N–H and O–H groups in total. The number of benzene rings is 1. The molecule has 1 aromatic carbocycles. The van der Waals surface area contributed by atoms with E-state index in [-0.39, 0.29) is 24.2 Å². The average molecular weight is 364 g/mol. The van der Waals surface area contributed by atoms with Crippen LogP contribution in [-0.2, 0) is 9.84 Å². The molecule has 1 atom stereocenters. The first-order chi connectivity index (χ1) is 9.39. The van der Waals surface area contributed by atoms with Crippen LogP contribution in [0.5, 0.6) is 5.75 Å². The van der Waals surface area contributed by atoms with E-state index in [1.165, 1.54) is 0 Å². The second-order valence-electron chi connectivity index (χ2n) is 4.55. The summed E-state index contributed by atoms with van der Waals surface area (Å²) in [4.78, 5) is 0. The van der Waals surface area contributed by atoms with Crippen molar-refractivity contribution in [3.8, 4) is 5.75 Å². The molecule has 0 heterocycles. The first kappa shape index (κ1) is 17.5. The molecular formula is C14H22BrNO3S. The molecule has 0 radical (unpaired) electrons. The van der Waals surface area contributed by atoms with Crippen molar-refractivity contribution >= 4 is 25.8 Å². The third-order valence-corrected chi connectivity index (χ3v) is 5.21. The molecule has 1 unspecified atom stereocenters. The minimum atomic E-state index is -3.00. The zero-order valence-electron chi connectivity index (χ0n) is 12.1. The number of rotatable bonds is 8. The summed E-state index contributed by atoms with van der Waals surface area (Å²) in [5, 5.41) is 3.33. The molecule has 114 valence electrons. The Labute approximate surface area is 130 Å². The fraction of sp³-hybridized carbons (Fsp3) is 0.571. The maximum Gasteiger partial charge on any atom is 0.153 e. The summed E-state index contributed by atoms with van der Waals surface area (Å²) >= 11 is 3.41. The first-order valence-corrected chi connectivity index (χ1v) is 9.37. The smallest absolute Gasteiger partial charge is 0.153 e. The van der Waals surface area contributed by atoms with Gasteiger partial charge in [0.05, 0.1) is 5.75 Å². The van der Waals surface area contributed by atoms with E-state index in [0.29, 0.717) is 0 Å². The van der Waals surface area contributed by atoms with Gasteiger partial charge in [0.25, 0.3) is 0 Å². The highest BCUT2D eigenvalue weighted by atomic mass is 79.9. The third kappa shape index (κ3) is 5.42. The van der Waals surface area contributed by atoms with Crippen molar-refractivity contribution in [1.29, 1.82) is 0 Å². The Kier molecular flexibility index (Phi) is 6.99. The Morgan fingerprint density at radius 2 is 2.05 bits per heavy atom. The zero-order valence-corrected chi connectivity index (χ0v) is 14.6. The van der Waals surface area contributed by atoms with Gasteiger partial charge >= 0.3 is 0 Å². The van der Waals surface area contributed by atoms with E-state index in [1.54, 1.807) is 6.92 Å². The number of halogens is 1. The zero-order chi connectivity index (χ0) is 15.2. The van der Waals surface area contributed by atoms with E-state index in [1.807, 2.05) is 25.1 Å². The van der Waals surface area contributed by atoms with Gasteiger partial charge in [0.15, 0.2) is 9.84 Å². The topological polar surface area (TPSA) is 55.4 Å². The molecule has 20 heavy (non-hydrogen) atoms. The number of hydrogen-bond acceptors (Lipinski definition) is 4. The summed E-state index contributed by atoms with van der Waals surface area (Å²) in [7, 11) is -3.00. The van der Waals surface area contributed by atoms with E-state index in [9.17, 15) is 8.42 Å². The quantitative estimate of drug-likeness (QED) is 0.771. The largest absolute Gasteiger partial charge is 0.492 e. The lowest BCUT2D eigenvalue weighted by Gasteiger charge is -2.18. The van der Waals surface area contributed by atoms with Gasteiger partial charge in [-0.15, -0.1) is 0 Å². The lowest BCUT2D eigenvalue weighted by atomic mass is 10.1. The summed E-state index contributed by atoms with van der Waals surface area (Å²) in [5.74, 6) is 0.916. The number of hydrogen-bond donors (Lipinski definition) is 1. The van der Waals surface area contributed by atoms with Crippen molar-refractivity contribution in [1.82, 2.24) is 5.32 Å². The molecule has 0 aliphatic carbocycles. The third-order valence-electron chi connectivity index (χ3n) is 3.04. The molecule has 0 aromatic heterocycles. The molecule has 0 saturated carbocycles. The number of ether oxygens (including phenoxy) is 1. The molecule has 4 nitrogen and oxygen atoms in total. The molecule has 0 fully saturated rings. The highest BCUT2D eigenvalue weighted by molar-refractivity contribution is 9.10. The number of sulfone groups is 1. The van der Waals surface area contributed by atoms with Crippen molar-refractivity contribution in [2.75, 3.05) is 24.7 Å². The Morgan fingerprint density at radius 3 is 2.65 bits per heavy atom. The summed E-state index contributed by atoms with van der Waals surface area (Å²) in [6, 6.07) is 5.98. The van der Waals surface area contributed by atoms with Crippen LogP contribution in [-0.4, -0.2) is 33.1 Å². The molecule has 0 spiro atoms. The summed E-state index contributed by atoms with van der Waals surface area (Å²) in [6.45, 7) is 6.79. The lowest BCUT2D eigenvalue weighted by Crippen LogP contribution is -2.20. The van der Waals surface area contributed by atoms with E-state index in [0.717, 1.165) is 22.3 Å². The second kappa shape index (κ2) is 8.00. The fourth-order valence-electron chi connectivity index (χ4n) is 1.83. The van der Waals surface area contributed by atoms with Crippen LogP contribution >= 0.6 is 15.9 Å². The van der Waals surface area contributed by atoms with Crippen molar-refractivity contribution in [2.45, 2.75) is 26.8 Å². The maximum atomic E-state index is 11.5. The van der Waals surface area contributed by atoms with E-state index < -0.39 is 9.84 Å². The molecule has 0 bridgehead atoms. The Balaban J connectivity index is 2.80. The van der Waals surface area contributed by atoms with Gasteiger partial charge in [-0.05, 0) is 25.6 Å². The van der Waals surface area contributed by atoms with Crippen LogP contribution in [0.4, 0.5) is 0 Å². The van der Waals surface area contributed by atoms with E-state index >= 15 is 0 Å². The molecule has 0 aliphatic heterocycles. The summed E-state index contributed by atoms with van der Waals surface area (Å²) < 4.78 is 29.5. The van der Waals surface area contributed by atoms with Gasteiger partial charge in [-0.2, -0.15) is 0 Å². The van der Waals surface area contributed by atoms with Crippen molar-refractivity contribution < 1.29 is 13.2 Å². The van der Waals surface area contributed by atoms with Gasteiger partial charge in [0.2, 0.25) is 0 Å². The Morgan fingerprint density at radius 1 is 1.35 bits per heavy atom. The minimum Gasteiger partial charge on any atom is -0.492 e. The van der Waals surface area contributed by atoms with Crippen LogP contribution in [0.25, 0.3) is 0 Å². The molecule has 0 amide bonds. The predicted molar refractivity (Wildman–Crippen MR) is 86.1 cm³/mol. The molecule has 1 aromatic rings. The van der Waals surface area contributed by atoms with Crippen LogP contribution in [0, 0.1) is 0 Å². The standard InChI is InChI=1S/C14H22BrNO3S/c1-4-16-11(3)13-7-6-12(15)10-14(13)19-8-9-20(17,18)5-2/h6-7,10-11,16H,4-5,8-9H2,1-3H3. The van der Waals surface area contributed by atoms with Crippen LogP contribution in [0.15, 0.2) is 22.7 Å². The SMILES string of the molecule is CCNC(C)c1ccc(Br)cc1OCCS(=O)(=O)CC. The predicted octanol–water partition coefficient (Wildman–Crippen LogP) is 2.93. The van der Waals surface area contributed by atoms with Crippen LogP contribution in [0.2, 0.25) is 0 Å². The Bertz CT molecular complexity index is 531. The van der Waals surface area contributed by atoms with Gasteiger partial charge in [-0.1, -0.05) is 35.8 Å². The molecular weight excluding hydrogens is 342 g/mol. The average Bonchev–Trinajstić information content (AvgIpc) is 2.39. The molecule has 0 aliphatic rings. The number of nitrogens with one attached hydrogen (secondary N) is 1. The van der Waals surface area contributed by atoms with Crippen LogP contribution < -0.4 is 10.1 Å². The monoisotopic (exact) mass is 363 g/mol. The minimum absolute atomic E-state index is 0.0467. The molecule has 0 saturated heterocycles. The molecule has 1 rings (SSSR count). The summed E-state index contributed by atoms with van der Waals surface area (Å²) in [5.41, 5.74) is 1.03. The molecule has 6 heteroatoms. The first-order valence-electron chi connectivity index (χ1n) is 6.75. The lowest BCUT2D eigenvalue weighted by molar-refractivity contribution is 0.333. The normalized spacial score (nSPS) is 13.2. The van der Waals surface area contributed by atoms with E-state index in [4.69, 9.17) is 4.74 Å². The van der Waals surface area contributed by atoms with Gasteiger partial charge in [0.1, 0.15) is 12.4 Å². The maximum absolute atomic E-state index is 11.5. The van der Waals surface area contributed by atoms with Gasteiger partial charge in [0, 0.05) is 21.8 Å². The van der Waals surface area contributed by atoms with Gasteiger partial charge < -0.3 is 10.1 Å². The van der Waals surface area contributed by atoms with Gasteiger partial charge in [-0.3, -0.25) is 0 Å². The second-order valence-corrected chi connectivity index (χ2v) is 7.93. The highest BCUT2D eigenvalue weighted by Crippen LogP contribution is 2.28. The van der Waals surface area contributed by atoms with Crippen molar-refractivity contribution in [2.24, 2.45) is 0 Å². The van der Waals surface area contributed by atoms with Crippen LogP contribution in [0.1, 0.15) is 32.4 Å². The van der Waals surface area contributed by atoms with E-state index in [2.05, 4.69) is 28.2 Å². The summed E-state index contributed by atoms with van der Waals surface area (Å²) in [6.07, 6.45) is 0. The van der Waals surface area contributed by atoms with Crippen molar-refractivity contribution in [3.05, 3.63) is 28.2 Å².